The molecule has 10 heteroatoms. The SMILES string of the molecule is O=C(OC[C@H]1O[C@H](c2nnc3ccc(Cl)nn23)[C@H](O)[C@@H]1O)c1ccccc1. The van der Waals surface area contributed by atoms with E-state index in [1.165, 1.54) is 4.52 Å². The molecule has 2 N–H and O–H groups in total. The van der Waals surface area contributed by atoms with E-state index >= 15 is 0 Å². The van der Waals surface area contributed by atoms with Gasteiger partial charge in [0.1, 0.15) is 36.2 Å². The summed E-state index contributed by atoms with van der Waals surface area (Å²) < 4.78 is 12.2. The molecule has 2 aromatic heterocycles. The summed E-state index contributed by atoms with van der Waals surface area (Å²) in [5.74, 6) is -0.360. The first-order valence-electron chi connectivity index (χ1n) is 8.16. The molecule has 0 aliphatic carbocycles. The molecule has 4 rings (SSSR count). The largest absolute Gasteiger partial charge is 0.459 e. The van der Waals surface area contributed by atoms with Gasteiger partial charge in [0.05, 0.1) is 5.56 Å². The molecule has 140 valence electrons. The molecular formula is C17H15ClN4O5. The van der Waals surface area contributed by atoms with Crippen LogP contribution in [0.3, 0.4) is 0 Å². The van der Waals surface area contributed by atoms with E-state index in [1.807, 2.05) is 0 Å². The predicted molar refractivity (Wildman–Crippen MR) is 92.1 cm³/mol. The molecule has 9 nitrogen and oxygen atoms in total. The first kappa shape index (κ1) is 17.8. The summed E-state index contributed by atoms with van der Waals surface area (Å²) in [6.07, 6.45) is -4.49. The quantitative estimate of drug-likeness (QED) is 0.628. The van der Waals surface area contributed by atoms with Gasteiger partial charge in [0.2, 0.25) is 0 Å². The van der Waals surface area contributed by atoms with Crippen molar-refractivity contribution in [1.82, 2.24) is 19.8 Å². The van der Waals surface area contributed by atoms with Crippen molar-refractivity contribution in [2.45, 2.75) is 24.4 Å². The highest BCUT2D eigenvalue weighted by atomic mass is 35.5. The molecule has 0 bridgehead atoms. The number of ether oxygens (including phenoxy) is 2. The number of aliphatic hydroxyl groups is 2. The van der Waals surface area contributed by atoms with E-state index in [4.69, 9.17) is 21.1 Å². The number of hydrogen-bond donors (Lipinski definition) is 2. The van der Waals surface area contributed by atoms with Crippen LogP contribution in [0.4, 0.5) is 0 Å². The highest BCUT2D eigenvalue weighted by Gasteiger charge is 2.46. The standard InChI is InChI=1S/C17H15ClN4O5/c18-11-6-7-12-19-20-16(22(12)21-11)15-14(24)13(23)10(27-15)8-26-17(25)9-4-2-1-3-5-9/h1-7,10,13-15,23-24H,8H2/t10-,13-,14-,15+/m1/s1. The molecule has 27 heavy (non-hydrogen) atoms. The Morgan fingerprint density at radius 2 is 1.93 bits per heavy atom. The van der Waals surface area contributed by atoms with Crippen molar-refractivity contribution in [2.75, 3.05) is 6.61 Å². The van der Waals surface area contributed by atoms with Gasteiger partial charge in [-0.2, -0.15) is 9.61 Å². The third kappa shape index (κ3) is 3.37. The molecule has 1 fully saturated rings. The van der Waals surface area contributed by atoms with Crippen molar-refractivity contribution < 1.29 is 24.5 Å². The molecule has 0 spiro atoms. The van der Waals surface area contributed by atoms with Gasteiger partial charge in [-0.05, 0) is 24.3 Å². The van der Waals surface area contributed by atoms with Gasteiger partial charge < -0.3 is 19.7 Å². The molecule has 4 atom stereocenters. The average molecular weight is 391 g/mol. The highest BCUT2D eigenvalue weighted by molar-refractivity contribution is 6.29. The van der Waals surface area contributed by atoms with E-state index in [1.54, 1.807) is 42.5 Å². The van der Waals surface area contributed by atoms with Crippen molar-refractivity contribution in [1.29, 1.82) is 0 Å². The second kappa shape index (κ2) is 7.20. The Morgan fingerprint density at radius 3 is 2.70 bits per heavy atom. The van der Waals surface area contributed by atoms with Gasteiger partial charge in [0, 0.05) is 0 Å². The monoisotopic (exact) mass is 390 g/mol. The number of esters is 1. The van der Waals surface area contributed by atoms with Crippen LogP contribution in [0.1, 0.15) is 22.3 Å². The maximum absolute atomic E-state index is 12.0. The highest BCUT2D eigenvalue weighted by Crippen LogP contribution is 2.33. The zero-order chi connectivity index (χ0) is 19.0. The Hall–Kier alpha value is -2.59. The number of nitrogens with zero attached hydrogens (tertiary/aromatic N) is 4. The molecule has 1 aliphatic rings. The van der Waals surface area contributed by atoms with Crippen molar-refractivity contribution in [3.8, 4) is 0 Å². The molecule has 3 heterocycles. The normalized spacial score (nSPS) is 25.0. The Labute approximate surface area is 158 Å². The van der Waals surface area contributed by atoms with Crippen LogP contribution in [0.25, 0.3) is 5.65 Å². The van der Waals surface area contributed by atoms with Crippen molar-refractivity contribution in [3.63, 3.8) is 0 Å². The zero-order valence-corrected chi connectivity index (χ0v) is 14.6. The lowest BCUT2D eigenvalue weighted by atomic mass is 10.1. The topological polar surface area (TPSA) is 119 Å². The fraction of sp³-hybridized carbons (Fsp3) is 0.294. The van der Waals surface area contributed by atoms with Gasteiger partial charge in [-0.1, -0.05) is 29.8 Å². The van der Waals surface area contributed by atoms with Crippen molar-refractivity contribution >= 4 is 23.2 Å². The summed E-state index contributed by atoms with van der Waals surface area (Å²) in [6, 6.07) is 11.6. The number of aliphatic hydroxyl groups excluding tert-OH is 2. The van der Waals surface area contributed by atoms with Gasteiger partial charge >= 0.3 is 5.97 Å². The minimum atomic E-state index is -1.29. The van der Waals surface area contributed by atoms with Crippen molar-refractivity contribution in [2.24, 2.45) is 0 Å². The third-order valence-electron chi connectivity index (χ3n) is 4.26. The van der Waals surface area contributed by atoms with Gasteiger partial charge in [0.15, 0.2) is 11.5 Å². The fourth-order valence-electron chi connectivity index (χ4n) is 2.88. The first-order valence-corrected chi connectivity index (χ1v) is 8.54. The number of rotatable bonds is 4. The Kier molecular flexibility index (Phi) is 4.75. The molecule has 0 unspecified atom stereocenters. The summed E-state index contributed by atoms with van der Waals surface area (Å²) in [7, 11) is 0. The lowest BCUT2D eigenvalue weighted by Gasteiger charge is -2.14. The van der Waals surface area contributed by atoms with Crippen LogP contribution < -0.4 is 0 Å². The molecule has 1 aliphatic heterocycles. The molecule has 1 saturated heterocycles. The van der Waals surface area contributed by atoms with Crippen LogP contribution >= 0.6 is 11.6 Å². The number of halogens is 1. The van der Waals surface area contributed by atoms with Gasteiger partial charge in [-0.3, -0.25) is 0 Å². The van der Waals surface area contributed by atoms with Crippen LogP contribution in [-0.2, 0) is 9.47 Å². The maximum atomic E-state index is 12.0. The number of fused-ring (bicyclic) bond motifs is 1. The average Bonchev–Trinajstić information content (AvgIpc) is 3.22. The Morgan fingerprint density at radius 1 is 1.15 bits per heavy atom. The smallest absolute Gasteiger partial charge is 0.338 e. The summed E-state index contributed by atoms with van der Waals surface area (Å²) >= 11 is 5.89. The van der Waals surface area contributed by atoms with E-state index in [9.17, 15) is 15.0 Å². The van der Waals surface area contributed by atoms with Crippen LogP contribution in [0, 0.1) is 0 Å². The minimum Gasteiger partial charge on any atom is -0.459 e. The summed E-state index contributed by atoms with van der Waals surface area (Å²) in [5.41, 5.74) is 0.794. The summed E-state index contributed by atoms with van der Waals surface area (Å²) in [5, 5.41) is 32.8. The first-order chi connectivity index (χ1) is 13.0. The predicted octanol–water partition coefficient (Wildman–Crippen LogP) is 0.796. The second-order valence-corrected chi connectivity index (χ2v) is 6.41. The van der Waals surface area contributed by atoms with E-state index in [-0.39, 0.29) is 17.6 Å². The third-order valence-corrected chi connectivity index (χ3v) is 4.46. The van der Waals surface area contributed by atoms with Gasteiger partial charge in [0.25, 0.3) is 0 Å². The minimum absolute atomic E-state index is 0.191. The van der Waals surface area contributed by atoms with Gasteiger partial charge in [-0.15, -0.1) is 10.2 Å². The van der Waals surface area contributed by atoms with Crippen LogP contribution in [-0.4, -0.2) is 60.9 Å². The number of benzene rings is 1. The lowest BCUT2D eigenvalue weighted by molar-refractivity contribution is -0.0364. The van der Waals surface area contributed by atoms with E-state index in [0.717, 1.165) is 0 Å². The number of aromatic nitrogens is 4. The number of carbonyl (C=O) groups excluding carboxylic acids is 1. The zero-order valence-electron chi connectivity index (χ0n) is 13.8. The maximum Gasteiger partial charge on any atom is 0.338 e. The fourth-order valence-corrected chi connectivity index (χ4v) is 3.01. The Bertz CT molecular complexity index is 966. The van der Waals surface area contributed by atoms with E-state index in [0.29, 0.717) is 11.2 Å². The second-order valence-electron chi connectivity index (χ2n) is 6.03. The number of carbonyl (C=O) groups is 1. The van der Waals surface area contributed by atoms with E-state index < -0.39 is 30.4 Å². The van der Waals surface area contributed by atoms with Crippen LogP contribution in [0.15, 0.2) is 42.5 Å². The van der Waals surface area contributed by atoms with Crippen molar-refractivity contribution in [3.05, 3.63) is 59.0 Å². The molecular weight excluding hydrogens is 376 g/mol. The van der Waals surface area contributed by atoms with E-state index in [2.05, 4.69) is 15.3 Å². The molecule has 0 radical (unpaired) electrons. The molecule has 0 saturated carbocycles. The van der Waals surface area contributed by atoms with Crippen LogP contribution in [0.2, 0.25) is 5.15 Å². The molecule has 1 aromatic carbocycles. The van der Waals surface area contributed by atoms with Gasteiger partial charge in [-0.25, -0.2) is 4.79 Å². The lowest BCUT2D eigenvalue weighted by Crippen LogP contribution is -2.34. The summed E-state index contributed by atoms with van der Waals surface area (Å²) in [4.78, 5) is 12.0. The number of hydrogen-bond acceptors (Lipinski definition) is 8. The molecule has 0 amide bonds. The molecule has 3 aromatic rings. The summed E-state index contributed by atoms with van der Waals surface area (Å²) in [6.45, 7) is -0.229. The van der Waals surface area contributed by atoms with Crippen LogP contribution in [0.5, 0.6) is 0 Å². The Balaban J connectivity index is 1.49.